The Labute approximate surface area is 141 Å². The second-order valence-electron chi connectivity index (χ2n) is 7.00. The first kappa shape index (κ1) is 19.8. The average Bonchev–Trinajstić information content (AvgIpc) is 2.52. The number of hydrogen-bond donors (Lipinski definition) is 2. The van der Waals surface area contributed by atoms with Crippen molar-refractivity contribution in [1.82, 2.24) is 5.32 Å². The van der Waals surface area contributed by atoms with E-state index in [1.165, 1.54) is 0 Å². The van der Waals surface area contributed by atoms with Crippen molar-refractivity contribution in [1.29, 1.82) is 0 Å². The van der Waals surface area contributed by atoms with Gasteiger partial charge in [0.05, 0.1) is 7.11 Å². The molecule has 0 aromatic heterocycles. The minimum Gasteiger partial charge on any atom is -0.497 e. The molecular weight excluding hydrogens is 290 g/mol. The molecule has 0 saturated carbocycles. The van der Waals surface area contributed by atoms with Crippen molar-refractivity contribution in [3.8, 4) is 11.5 Å². The molecule has 1 rings (SSSR count). The van der Waals surface area contributed by atoms with Crippen molar-refractivity contribution in [2.45, 2.75) is 65.0 Å². The molecule has 0 saturated heterocycles. The van der Waals surface area contributed by atoms with Gasteiger partial charge in [0.25, 0.3) is 0 Å². The van der Waals surface area contributed by atoms with Crippen LogP contribution >= 0.6 is 0 Å². The van der Waals surface area contributed by atoms with E-state index in [9.17, 15) is 5.11 Å². The van der Waals surface area contributed by atoms with Gasteiger partial charge in [-0.05, 0) is 36.5 Å². The van der Waals surface area contributed by atoms with Crippen LogP contribution in [0.2, 0.25) is 0 Å². The standard InChI is InChI=1S/C19H33NO3/c1-7-14(8-2)20-12-15(21)13-23-18-10-9-16(22-6)11-17(18)19(3,4)5/h9-11,14-15,20-21H,7-8,12-13H2,1-6H3/t15-/m1/s1. The fourth-order valence-corrected chi connectivity index (χ4v) is 2.47. The SMILES string of the molecule is CCC(CC)NC[C@@H](O)COc1ccc(OC)cc1C(C)(C)C. The number of methoxy groups -OCH3 is 1. The van der Waals surface area contributed by atoms with Gasteiger partial charge in [0.15, 0.2) is 0 Å². The van der Waals surface area contributed by atoms with Gasteiger partial charge in [0, 0.05) is 18.2 Å². The Balaban J connectivity index is 2.66. The summed E-state index contributed by atoms with van der Waals surface area (Å²) < 4.78 is 11.2. The topological polar surface area (TPSA) is 50.7 Å². The maximum absolute atomic E-state index is 10.1. The molecular formula is C19H33NO3. The number of ether oxygens (including phenoxy) is 2. The molecule has 1 aromatic carbocycles. The van der Waals surface area contributed by atoms with Gasteiger partial charge in [-0.1, -0.05) is 34.6 Å². The van der Waals surface area contributed by atoms with Gasteiger partial charge in [-0.3, -0.25) is 0 Å². The van der Waals surface area contributed by atoms with Crippen LogP contribution in [0.25, 0.3) is 0 Å². The third-order valence-corrected chi connectivity index (χ3v) is 4.05. The molecule has 0 aliphatic heterocycles. The third kappa shape index (κ3) is 6.40. The van der Waals surface area contributed by atoms with Gasteiger partial charge in [-0.15, -0.1) is 0 Å². The van der Waals surface area contributed by atoms with E-state index in [0.29, 0.717) is 12.6 Å². The lowest BCUT2D eigenvalue weighted by atomic mass is 9.86. The number of aliphatic hydroxyl groups excluding tert-OH is 1. The first-order valence-electron chi connectivity index (χ1n) is 8.54. The predicted molar refractivity (Wildman–Crippen MR) is 95.6 cm³/mol. The van der Waals surface area contributed by atoms with Crippen LogP contribution in [0.5, 0.6) is 11.5 Å². The summed E-state index contributed by atoms with van der Waals surface area (Å²) in [6.45, 7) is 11.5. The van der Waals surface area contributed by atoms with E-state index in [-0.39, 0.29) is 12.0 Å². The molecule has 0 radical (unpaired) electrons. The molecule has 2 N–H and O–H groups in total. The van der Waals surface area contributed by atoms with Crippen LogP contribution in [-0.2, 0) is 5.41 Å². The van der Waals surface area contributed by atoms with E-state index in [4.69, 9.17) is 9.47 Å². The molecule has 4 nitrogen and oxygen atoms in total. The zero-order valence-corrected chi connectivity index (χ0v) is 15.5. The minimum absolute atomic E-state index is 0.0530. The van der Waals surface area contributed by atoms with Crippen molar-refractivity contribution >= 4 is 0 Å². The zero-order chi connectivity index (χ0) is 17.5. The number of hydrogen-bond acceptors (Lipinski definition) is 4. The number of aliphatic hydroxyl groups is 1. The summed E-state index contributed by atoms with van der Waals surface area (Å²) in [7, 11) is 1.66. The summed E-state index contributed by atoms with van der Waals surface area (Å²) in [5, 5.41) is 13.5. The smallest absolute Gasteiger partial charge is 0.123 e. The van der Waals surface area contributed by atoms with Gasteiger partial charge in [0.2, 0.25) is 0 Å². The summed E-state index contributed by atoms with van der Waals surface area (Å²) in [6.07, 6.45) is 1.61. The number of nitrogens with one attached hydrogen (secondary N) is 1. The molecule has 0 unspecified atom stereocenters. The van der Waals surface area contributed by atoms with Crippen molar-refractivity contribution < 1.29 is 14.6 Å². The van der Waals surface area contributed by atoms with Crippen LogP contribution in [0, 0.1) is 0 Å². The Morgan fingerprint density at radius 3 is 2.35 bits per heavy atom. The Kier molecular flexibility index (Phi) is 7.86. The minimum atomic E-state index is -0.523. The summed E-state index contributed by atoms with van der Waals surface area (Å²) in [5.74, 6) is 1.62. The summed E-state index contributed by atoms with van der Waals surface area (Å²) in [6, 6.07) is 6.26. The van der Waals surface area contributed by atoms with Crippen LogP contribution in [-0.4, -0.2) is 37.5 Å². The second kappa shape index (κ2) is 9.14. The molecule has 0 fully saturated rings. The number of benzene rings is 1. The van der Waals surface area contributed by atoms with Crippen molar-refractivity contribution in [3.05, 3.63) is 23.8 Å². The van der Waals surface area contributed by atoms with E-state index in [1.54, 1.807) is 7.11 Å². The summed E-state index contributed by atoms with van der Waals surface area (Å²) in [5.41, 5.74) is 1.03. The molecule has 0 aliphatic rings. The maximum Gasteiger partial charge on any atom is 0.123 e. The Hall–Kier alpha value is -1.26. The summed E-state index contributed by atoms with van der Waals surface area (Å²) >= 11 is 0. The van der Waals surface area contributed by atoms with E-state index in [1.807, 2.05) is 18.2 Å². The Bertz CT molecular complexity index is 464. The number of rotatable bonds is 9. The van der Waals surface area contributed by atoms with E-state index in [0.717, 1.165) is 29.9 Å². The molecule has 0 amide bonds. The van der Waals surface area contributed by atoms with E-state index in [2.05, 4.69) is 39.9 Å². The van der Waals surface area contributed by atoms with Crippen LogP contribution in [0.4, 0.5) is 0 Å². The van der Waals surface area contributed by atoms with Crippen LogP contribution in [0.3, 0.4) is 0 Å². The van der Waals surface area contributed by atoms with Crippen LogP contribution in [0.15, 0.2) is 18.2 Å². The molecule has 1 aromatic rings. The lowest BCUT2D eigenvalue weighted by Crippen LogP contribution is -2.37. The fourth-order valence-electron chi connectivity index (χ4n) is 2.47. The van der Waals surface area contributed by atoms with E-state index >= 15 is 0 Å². The average molecular weight is 323 g/mol. The van der Waals surface area contributed by atoms with Crippen LogP contribution < -0.4 is 14.8 Å². The van der Waals surface area contributed by atoms with Crippen molar-refractivity contribution in [2.75, 3.05) is 20.3 Å². The highest BCUT2D eigenvalue weighted by molar-refractivity contribution is 5.44. The molecule has 0 heterocycles. The molecule has 0 bridgehead atoms. The Morgan fingerprint density at radius 1 is 1.17 bits per heavy atom. The normalized spacial score (nSPS) is 13.2. The van der Waals surface area contributed by atoms with Gasteiger partial charge in [-0.25, -0.2) is 0 Å². The lowest BCUT2D eigenvalue weighted by molar-refractivity contribution is 0.102. The predicted octanol–water partition coefficient (Wildman–Crippen LogP) is 3.51. The van der Waals surface area contributed by atoms with Crippen LogP contribution in [0.1, 0.15) is 53.0 Å². The molecule has 4 heteroatoms. The highest BCUT2D eigenvalue weighted by atomic mass is 16.5. The fraction of sp³-hybridized carbons (Fsp3) is 0.684. The monoisotopic (exact) mass is 323 g/mol. The van der Waals surface area contributed by atoms with Gasteiger partial charge in [-0.2, -0.15) is 0 Å². The zero-order valence-electron chi connectivity index (χ0n) is 15.5. The molecule has 1 atom stereocenters. The lowest BCUT2D eigenvalue weighted by Gasteiger charge is -2.24. The Morgan fingerprint density at radius 2 is 1.83 bits per heavy atom. The largest absolute Gasteiger partial charge is 0.497 e. The maximum atomic E-state index is 10.1. The highest BCUT2D eigenvalue weighted by Gasteiger charge is 2.20. The second-order valence-corrected chi connectivity index (χ2v) is 7.00. The molecule has 0 aliphatic carbocycles. The summed E-state index contributed by atoms with van der Waals surface area (Å²) in [4.78, 5) is 0. The third-order valence-electron chi connectivity index (χ3n) is 4.05. The quantitative estimate of drug-likeness (QED) is 0.730. The van der Waals surface area contributed by atoms with Gasteiger partial charge >= 0.3 is 0 Å². The van der Waals surface area contributed by atoms with Crippen molar-refractivity contribution in [2.24, 2.45) is 0 Å². The first-order chi connectivity index (χ1) is 10.8. The molecule has 23 heavy (non-hydrogen) atoms. The molecule has 132 valence electrons. The van der Waals surface area contributed by atoms with E-state index < -0.39 is 6.10 Å². The molecule has 0 spiro atoms. The van der Waals surface area contributed by atoms with Gasteiger partial charge in [0.1, 0.15) is 24.2 Å². The highest BCUT2D eigenvalue weighted by Crippen LogP contribution is 2.34. The van der Waals surface area contributed by atoms with Gasteiger partial charge < -0.3 is 19.9 Å². The first-order valence-corrected chi connectivity index (χ1v) is 8.54. The van der Waals surface area contributed by atoms with Crippen molar-refractivity contribution in [3.63, 3.8) is 0 Å².